The molecule has 2 aromatic heterocycles. The van der Waals surface area contributed by atoms with Crippen LogP contribution < -0.4 is 26.0 Å². The molecule has 1 aliphatic heterocycles. The van der Waals surface area contributed by atoms with Gasteiger partial charge in [-0.25, -0.2) is 13.9 Å². The quantitative estimate of drug-likeness (QED) is 0.242. The number of alkyl halides is 4. The van der Waals surface area contributed by atoms with Crippen LogP contribution in [-0.4, -0.2) is 64.7 Å². The molecule has 3 heterocycles. The zero-order valence-electron chi connectivity index (χ0n) is 20.0. The van der Waals surface area contributed by atoms with Gasteiger partial charge in [0.2, 0.25) is 5.91 Å². The van der Waals surface area contributed by atoms with E-state index in [-0.39, 0.29) is 5.69 Å². The number of aliphatic carboxylic acids is 1. The number of anilines is 1. The second-order valence-electron chi connectivity index (χ2n) is 8.22. The number of carbonyl (C=O) groups is 2. The van der Waals surface area contributed by atoms with E-state index >= 15 is 0 Å². The molecule has 3 aromatic rings. The van der Waals surface area contributed by atoms with Gasteiger partial charge in [-0.15, -0.1) is 16.0 Å². The number of hydrogen-bond acceptors (Lipinski definition) is 7. The van der Waals surface area contributed by atoms with Crippen LogP contribution in [0, 0.1) is 0 Å². The standard InChI is InChI=1S/C20H25ClN6O3.C2HF3O2/c1-30-12-4-11-25-15-6-5-14(17(22)28)13-16(15)27-19(25)23-18-24(8-2-7-21)9-3-10-26(18)20(27)29;3-2(4,5)1(6)7/h5-6,13H,2-4,7-12H2,1H3,(H-,22,28);(H,6,7). The largest absolute Gasteiger partial charge is 0.542 e. The van der Waals surface area contributed by atoms with E-state index in [9.17, 15) is 22.8 Å². The predicted molar refractivity (Wildman–Crippen MR) is 125 cm³/mol. The lowest BCUT2D eigenvalue weighted by Crippen LogP contribution is -2.43. The van der Waals surface area contributed by atoms with Crippen molar-refractivity contribution < 1.29 is 37.2 Å². The third-order valence-corrected chi connectivity index (χ3v) is 5.98. The molecule has 0 spiro atoms. The van der Waals surface area contributed by atoms with Crippen LogP contribution in [0.25, 0.3) is 16.8 Å². The summed E-state index contributed by atoms with van der Waals surface area (Å²) in [5, 5.41) is 8.78. The number of carboxylic acids is 1. The van der Waals surface area contributed by atoms with Crippen molar-refractivity contribution in [1.82, 2.24) is 14.0 Å². The number of nitrogens with two attached hydrogens (primary N) is 1. The molecule has 1 aromatic carbocycles. The van der Waals surface area contributed by atoms with Crippen LogP contribution in [0.3, 0.4) is 0 Å². The molecule has 0 saturated carbocycles. The van der Waals surface area contributed by atoms with E-state index in [1.54, 1.807) is 28.2 Å². The van der Waals surface area contributed by atoms with Crippen molar-refractivity contribution in [3.8, 4) is 0 Å². The molecule has 0 atom stereocenters. The summed E-state index contributed by atoms with van der Waals surface area (Å²) in [6, 6.07) is 5.17. The monoisotopic (exact) mass is 546 g/mol. The fourth-order valence-electron chi connectivity index (χ4n) is 4.08. The maximum Gasteiger partial charge on any atom is 0.430 e. The number of rotatable bonds is 8. The molecule has 15 heteroatoms. The predicted octanol–water partition coefficient (Wildman–Crippen LogP) is 0.210. The van der Waals surface area contributed by atoms with Crippen molar-refractivity contribution >= 4 is 46.2 Å². The maximum atomic E-state index is 13.5. The SMILES string of the molecule is COCCC[n+]1c2ccc(C(N)=O)cc2n2c(=O)n3c(nc21)N(CCCCl)CCC3.O=C([O-])C(F)(F)F. The van der Waals surface area contributed by atoms with Crippen molar-refractivity contribution in [1.29, 1.82) is 0 Å². The summed E-state index contributed by atoms with van der Waals surface area (Å²) in [6.07, 6.45) is -2.74. The molecule has 0 bridgehead atoms. The normalized spacial score (nSPS) is 13.4. The van der Waals surface area contributed by atoms with Gasteiger partial charge >= 0.3 is 17.6 Å². The van der Waals surface area contributed by atoms with Crippen LogP contribution >= 0.6 is 11.6 Å². The third-order valence-electron chi connectivity index (χ3n) is 5.71. The molecule has 4 rings (SSSR count). The van der Waals surface area contributed by atoms with Crippen LogP contribution in [0.1, 0.15) is 29.6 Å². The van der Waals surface area contributed by atoms with Crippen molar-refractivity contribution in [2.45, 2.75) is 38.5 Å². The van der Waals surface area contributed by atoms with Crippen molar-refractivity contribution in [3.63, 3.8) is 0 Å². The summed E-state index contributed by atoms with van der Waals surface area (Å²) in [7, 11) is 1.66. The number of primary amides is 1. The first-order valence-electron chi connectivity index (χ1n) is 11.4. The Balaban J connectivity index is 0.000000479. The Morgan fingerprint density at radius 3 is 2.57 bits per heavy atom. The number of hydrogen-bond donors (Lipinski definition) is 1. The van der Waals surface area contributed by atoms with Gasteiger partial charge in [0.05, 0.1) is 6.54 Å². The van der Waals surface area contributed by atoms with E-state index in [0.29, 0.717) is 48.4 Å². The molecule has 202 valence electrons. The number of methoxy groups -OCH3 is 1. The van der Waals surface area contributed by atoms with E-state index in [2.05, 4.69) is 4.90 Å². The zero-order valence-corrected chi connectivity index (χ0v) is 20.7. The fourth-order valence-corrected chi connectivity index (χ4v) is 4.20. The molecule has 1 aliphatic rings. The van der Waals surface area contributed by atoms with E-state index in [0.717, 1.165) is 37.9 Å². The number of nitrogens with zero attached hydrogens (tertiary/aromatic N) is 5. The number of halogens is 4. The minimum absolute atomic E-state index is 0.164. The first-order valence-corrected chi connectivity index (χ1v) is 11.9. The Morgan fingerprint density at radius 2 is 1.97 bits per heavy atom. The summed E-state index contributed by atoms with van der Waals surface area (Å²) in [6.45, 7) is 3.43. The molecular weight excluding hydrogens is 521 g/mol. The first kappa shape index (κ1) is 28.2. The number of benzene rings is 1. The Kier molecular flexibility index (Phi) is 8.97. The van der Waals surface area contributed by atoms with Gasteiger partial charge in [-0.1, -0.05) is 0 Å². The molecular formula is C22H26ClF3N6O5. The average molecular weight is 547 g/mol. The lowest BCUT2D eigenvalue weighted by Gasteiger charge is -2.27. The molecule has 2 N–H and O–H groups in total. The number of ether oxygens (including phenoxy) is 1. The molecule has 0 fully saturated rings. The van der Waals surface area contributed by atoms with E-state index in [4.69, 9.17) is 37.0 Å². The highest BCUT2D eigenvalue weighted by molar-refractivity contribution is 6.17. The van der Waals surface area contributed by atoms with Crippen molar-refractivity contribution in [2.24, 2.45) is 5.73 Å². The van der Waals surface area contributed by atoms with Crippen molar-refractivity contribution in [3.05, 3.63) is 34.2 Å². The highest BCUT2D eigenvalue weighted by atomic mass is 35.5. The molecule has 0 unspecified atom stereocenters. The van der Waals surface area contributed by atoms with Crippen molar-refractivity contribution in [2.75, 3.05) is 37.6 Å². The lowest BCUT2D eigenvalue weighted by molar-refractivity contribution is -0.648. The highest BCUT2D eigenvalue weighted by Crippen LogP contribution is 2.20. The van der Waals surface area contributed by atoms with Crippen LogP contribution in [-0.2, 0) is 22.6 Å². The van der Waals surface area contributed by atoms with Gasteiger partial charge in [0, 0.05) is 51.2 Å². The number of carbonyl (C=O) groups excluding carboxylic acids is 2. The number of aromatic nitrogens is 4. The molecule has 0 saturated heterocycles. The molecule has 37 heavy (non-hydrogen) atoms. The van der Waals surface area contributed by atoms with Gasteiger partial charge < -0.3 is 25.3 Å². The van der Waals surface area contributed by atoms with E-state index in [1.165, 1.54) is 0 Å². The number of imidazole rings is 1. The summed E-state index contributed by atoms with van der Waals surface area (Å²) < 4.78 is 42.1. The fraction of sp³-hybridized carbons (Fsp3) is 0.500. The van der Waals surface area contributed by atoms with Gasteiger partial charge in [-0.2, -0.15) is 13.2 Å². The van der Waals surface area contributed by atoms with Crippen LogP contribution in [0.4, 0.5) is 19.1 Å². The summed E-state index contributed by atoms with van der Waals surface area (Å²) in [5.74, 6) is -1.76. The van der Waals surface area contributed by atoms with Gasteiger partial charge in [0.15, 0.2) is 5.52 Å². The Hall–Kier alpha value is -3.39. The summed E-state index contributed by atoms with van der Waals surface area (Å²) >= 11 is 5.89. The Labute approximate surface area is 213 Å². The van der Waals surface area contributed by atoms with Gasteiger partial charge in [0.1, 0.15) is 11.5 Å². The minimum Gasteiger partial charge on any atom is -0.542 e. The minimum atomic E-state index is -5.19. The maximum absolute atomic E-state index is 13.5. The van der Waals surface area contributed by atoms with Gasteiger partial charge in [0.25, 0.3) is 5.95 Å². The topological polar surface area (TPSA) is 139 Å². The van der Waals surface area contributed by atoms with Gasteiger partial charge in [-0.05, 0) is 36.0 Å². The number of aryl methyl sites for hydroxylation is 1. The van der Waals surface area contributed by atoms with E-state index in [1.807, 2.05) is 10.6 Å². The Bertz CT molecular complexity index is 1360. The second kappa shape index (κ2) is 11.8. The summed E-state index contributed by atoms with van der Waals surface area (Å²) in [5.41, 5.74) is 7.13. The number of carboxylic acid groups (broad SMARTS) is 1. The van der Waals surface area contributed by atoms with Crippen LogP contribution in [0.15, 0.2) is 23.0 Å². The number of fused-ring (bicyclic) bond motifs is 4. The number of amides is 1. The zero-order chi connectivity index (χ0) is 27.3. The molecule has 11 nitrogen and oxygen atoms in total. The third kappa shape index (κ3) is 6.13. The lowest BCUT2D eigenvalue weighted by atomic mass is 10.2. The smallest absolute Gasteiger partial charge is 0.430 e. The molecule has 0 aliphatic carbocycles. The molecule has 0 radical (unpaired) electrons. The summed E-state index contributed by atoms with van der Waals surface area (Å²) in [4.78, 5) is 41.1. The van der Waals surface area contributed by atoms with Crippen LogP contribution in [0.5, 0.6) is 0 Å². The van der Waals surface area contributed by atoms with E-state index < -0.39 is 18.1 Å². The first-order chi connectivity index (χ1) is 17.5. The second-order valence-corrected chi connectivity index (χ2v) is 8.59. The Morgan fingerprint density at radius 1 is 1.27 bits per heavy atom. The highest BCUT2D eigenvalue weighted by Gasteiger charge is 2.31. The van der Waals surface area contributed by atoms with Gasteiger partial charge in [-0.3, -0.25) is 4.79 Å². The average Bonchev–Trinajstić information content (AvgIpc) is 3.16. The molecule has 1 amide bonds. The van der Waals surface area contributed by atoms with Crippen LogP contribution in [0.2, 0.25) is 0 Å².